The Morgan fingerprint density at radius 3 is 2.28 bits per heavy atom. The highest BCUT2D eigenvalue weighted by atomic mass is 16.6. The number of rotatable bonds is 0. The van der Waals surface area contributed by atoms with E-state index in [1.807, 2.05) is 25.7 Å². The van der Waals surface area contributed by atoms with Crippen molar-refractivity contribution < 1.29 is 9.53 Å². The third kappa shape index (κ3) is 3.76. The van der Waals surface area contributed by atoms with E-state index in [9.17, 15) is 4.79 Å². The number of amides is 1. The summed E-state index contributed by atoms with van der Waals surface area (Å²) in [6.07, 6.45) is 2.98. The van der Waals surface area contributed by atoms with Gasteiger partial charge in [-0.2, -0.15) is 0 Å². The van der Waals surface area contributed by atoms with Gasteiger partial charge in [0, 0.05) is 6.54 Å². The lowest BCUT2D eigenvalue weighted by atomic mass is 9.80. The van der Waals surface area contributed by atoms with Crippen molar-refractivity contribution in [2.75, 3.05) is 6.54 Å². The van der Waals surface area contributed by atoms with E-state index in [1.54, 1.807) is 0 Å². The van der Waals surface area contributed by atoms with E-state index in [0.717, 1.165) is 13.0 Å². The van der Waals surface area contributed by atoms with Gasteiger partial charge < -0.3 is 9.64 Å². The number of hydrogen-bond donors (Lipinski definition) is 0. The number of carbonyl (C=O) groups excluding carboxylic acids is 1. The highest BCUT2D eigenvalue weighted by Crippen LogP contribution is 2.33. The zero-order valence-electron chi connectivity index (χ0n) is 12.8. The standard InChI is InChI=1S/C15H27NO2/c1-11-12(14(2,3)4)9-8-10-16(11)13(17)18-15(5,6)7/h9,11H,8,10H2,1-7H3. The van der Waals surface area contributed by atoms with E-state index in [1.165, 1.54) is 5.57 Å². The fourth-order valence-electron chi connectivity index (χ4n) is 2.39. The van der Waals surface area contributed by atoms with E-state index in [0.29, 0.717) is 0 Å². The molecule has 3 heteroatoms. The summed E-state index contributed by atoms with van der Waals surface area (Å²) in [7, 11) is 0. The highest BCUT2D eigenvalue weighted by Gasteiger charge is 2.33. The molecule has 0 saturated carbocycles. The first-order valence-corrected chi connectivity index (χ1v) is 6.72. The van der Waals surface area contributed by atoms with E-state index in [4.69, 9.17) is 4.74 Å². The smallest absolute Gasteiger partial charge is 0.410 e. The van der Waals surface area contributed by atoms with Crippen molar-refractivity contribution >= 4 is 6.09 Å². The minimum absolute atomic E-state index is 0.0973. The number of ether oxygens (including phenoxy) is 1. The van der Waals surface area contributed by atoms with Crippen molar-refractivity contribution in [1.82, 2.24) is 4.90 Å². The summed E-state index contributed by atoms with van der Waals surface area (Å²) in [5, 5.41) is 0. The lowest BCUT2D eigenvalue weighted by Crippen LogP contribution is -2.47. The minimum atomic E-state index is -0.431. The van der Waals surface area contributed by atoms with Gasteiger partial charge in [0.25, 0.3) is 0 Å². The summed E-state index contributed by atoms with van der Waals surface area (Å²) in [6, 6.07) is 0.119. The van der Waals surface area contributed by atoms with E-state index in [2.05, 4.69) is 33.8 Å². The van der Waals surface area contributed by atoms with Crippen LogP contribution in [0.3, 0.4) is 0 Å². The second kappa shape index (κ2) is 4.94. The minimum Gasteiger partial charge on any atom is -0.444 e. The molecule has 0 fully saturated rings. The molecule has 1 rings (SSSR count). The van der Waals surface area contributed by atoms with Crippen molar-refractivity contribution in [2.45, 2.75) is 66.5 Å². The molecular weight excluding hydrogens is 226 g/mol. The van der Waals surface area contributed by atoms with Crippen molar-refractivity contribution in [3.8, 4) is 0 Å². The van der Waals surface area contributed by atoms with Gasteiger partial charge in [0.15, 0.2) is 0 Å². The van der Waals surface area contributed by atoms with Gasteiger partial charge in [0.05, 0.1) is 6.04 Å². The average Bonchev–Trinajstić information content (AvgIpc) is 2.12. The Balaban J connectivity index is 2.82. The molecule has 0 spiro atoms. The van der Waals surface area contributed by atoms with Crippen LogP contribution in [0.5, 0.6) is 0 Å². The maximum absolute atomic E-state index is 12.2. The molecule has 0 N–H and O–H groups in total. The Labute approximate surface area is 111 Å². The molecule has 1 amide bonds. The number of carbonyl (C=O) groups is 1. The van der Waals surface area contributed by atoms with Crippen molar-refractivity contribution in [3.63, 3.8) is 0 Å². The number of nitrogens with zero attached hydrogens (tertiary/aromatic N) is 1. The molecule has 1 heterocycles. The molecule has 0 bridgehead atoms. The zero-order valence-corrected chi connectivity index (χ0v) is 12.8. The largest absolute Gasteiger partial charge is 0.444 e. The van der Waals surface area contributed by atoms with Crippen molar-refractivity contribution in [3.05, 3.63) is 11.6 Å². The highest BCUT2D eigenvalue weighted by molar-refractivity contribution is 5.69. The first-order valence-electron chi connectivity index (χ1n) is 6.72. The summed E-state index contributed by atoms with van der Waals surface area (Å²) in [4.78, 5) is 14.0. The van der Waals surface area contributed by atoms with Crippen LogP contribution in [0.15, 0.2) is 11.6 Å². The second-order valence-corrected chi connectivity index (χ2v) is 7.05. The monoisotopic (exact) mass is 253 g/mol. The quantitative estimate of drug-likeness (QED) is 0.611. The van der Waals surface area contributed by atoms with Crippen LogP contribution in [0.25, 0.3) is 0 Å². The Morgan fingerprint density at radius 2 is 1.83 bits per heavy atom. The summed E-state index contributed by atoms with van der Waals surface area (Å²) in [6.45, 7) is 15.1. The maximum atomic E-state index is 12.2. The lowest BCUT2D eigenvalue weighted by Gasteiger charge is -2.40. The molecule has 0 aliphatic carbocycles. The fraction of sp³-hybridized carbons (Fsp3) is 0.800. The molecule has 1 unspecified atom stereocenters. The molecule has 104 valence electrons. The van der Waals surface area contributed by atoms with Crippen LogP contribution in [-0.4, -0.2) is 29.2 Å². The molecule has 18 heavy (non-hydrogen) atoms. The summed E-state index contributed by atoms with van der Waals surface area (Å²) >= 11 is 0. The number of hydrogen-bond acceptors (Lipinski definition) is 2. The Bertz CT molecular complexity index is 344. The van der Waals surface area contributed by atoms with Crippen LogP contribution in [0.4, 0.5) is 4.79 Å². The van der Waals surface area contributed by atoms with Gasteiger partial charge in [-0.1, -0.05) is 26.8 Å². The SMILES string of the molecule is CC1C(C(C)(C)C)=CCCN1C(=O)OC(C)(C)C. The van der Waals surface area contributed by atoms with Crippen molar-refractivity contribution in [1.29, 1.82) is 0 Å². The molecule has 0 saturated heterocycles. The van der Waals surface area contributed by atoms with Crippen molar-refractivity contribution in [2.24, 2.45) is 5.41 Å². The van der Waals surface area contributed by atoms with Gasteiger partial charge in [-0.15, -0.1) is 0 Å². The summed E-state index contributed by atoms with van der Waals surface area (Å²) in [5.41, 5.74) is 0.986. The van der Waals surface area contributed by atoms with Crippen LogP contribution in [-0.2, 0) is 4.74 Å². The topological polar surface area (TPSA) is 29.5 Å². The van der Waals surface area contributed by atoms with Crippen LogP contribution in [0.2, 0.25) is 0 Å². The molecule has 1 aliphatic rings. The zero-order chi connectivity index (χ0) is 14.1. The van der Waals surface area contributed by atoms with Gasteiger partial charge in [-0.05, 0) is 45.1 Å². The summed E-state index contributed by atoms with van der Waals surface area (Å²) in [5.74, 6) is 0. The van der Waals surface area contributed by atoms with Gasteiger partial charge in [-0.25, -0.2) is 4.79 Å². The van der Waals surface area contributed by atoms with Gasteiger partial charge in [0.2, 0.25) is 0 Å². The van der Waals surface area contributed by atoms with Gasteiger partial charge >= 0.3 is 6.09 Å². The predicted molar refractivity (Wildman–Crippen MR) is 74.6 cm³/mol. The second-order valence-electron chi connectivity index (χ2n) is 7.05. The molecule has 3 nitrogen and oxygen atoms in total. The third-order valence-electron chi connectivity index (χ3n) is 3.15. The van der Waals surface area contributed by atoms with E-state index in [-0.39, 0.29) is 17.6 Å². The first kappa shape index (κ1) is 15.1. The Morgan fingerprint density at radius 1 is 1.28 bits per heavy atom. The molecule has 0 aromatic rings. The molecule has 1 aliphatic heterocycles. The van der Waals surface area contributed by atoms with E-state index < -0.39 is 5.60 Å². The maximum Gasteiger partial charge on any atom is 0.410 e. The molecule has 0 aromatic carbocycles. The molecule has 1 atom stereocenters. The van der Waals surface area contributed by atoms with Crippen LogP contribution >= 0.6 is 0 Å². The van der Waals surface area contributed by atoms with Crippen LogP contribution in [0, 0.1) is 5.41 Å². The molecule has 0 aromatic heterocycles. The fourth-order valence-corrected chi connectivity index (χ4v) is 2.39. The average molecular weight is 253 g/mol. The van der Waals surface area contributed by atoms with Gasteiger partial charge in [0.1, 0.15) is 5.60 Å². The third-order valence-corrected chi connectivity index (χ3v) is 3.15. The van der Waals surface area contributed by atoms with E-state index >= 15 is 0 Å². The predicted octanol–water partition coefficient (Wildman–Crippen LogP) is 3.99. The first-order chi connectivity index (χ1) is 8.02. The normalized spacial score (nSPS) is 21.6. The molecular formula is C15H27NO2. The van der Waals surface area contributed by atoms with Crippen LogP contribution < -0.4 is 0 Å². The Hall–Kier alpha value is -0.990. The Kier molecular flexibility index (Phi) is 4.14. The lowest BCUT2D eigenvalue weighted by molar-refractivity contribution is 0.0182. The van der Waals surface area contributed by atoms with Crippen LogP contribution in [0.1, 0.15) is 54.9 Å². The summed E-state index contributed by atoms with van der Waals surface area (Å²) < 4.78 is 5.47. The van der Waals surface area contributed by atoms with Gasteiger partial charge in [-0.3, -0.25) is 0 Å². The molecule has 0 radical (unpaired) electrons.